The molecule has 21 heavy (non-hydrogen) atoms. The van der Waals surface area contributed by atoms with Gasteiger partial charge in [-0.3, -0.25) is 4.79 Å². The molecule has 0 spiro atoms. The van der Waals surface area contributed by atoms with Crippen molar-refractivity contribution < 1.29 is 14.7 Å². The Bertz CT molecular complexity index is 499. The lowest BCUT2D eigenvalue weighted by Gasteiger charge is -2.24. The standard InChI is InChI=1S/C15H22N2O3S/c1-15(2,12-4-3-7-21-12)9-16-14(20)17-11-6-5-10(8-11)13(18)19/h3-4,7,10-11H,5-6,8-9H2,1-2H3,(H,18,19)(H2,16,17,20). The van der Waals surface area contributed by atoms with Crippen molar-refractivity contribution >= 4 is 23.3 Å². The van der Waals surface area contributed by atoms with Crippen LogP contribution in [0.1, 0.15) is 38.0 Å². The van der Waals surface area contributed by atoms with Crippen molar-refractivity contribution in [2.45, 2.75) is 44.6 Å². The number of thiophene rings is 1. The predicted octanol–water partition coefficient (Wildman–Crippen LogP) is 2.58. The summed E-state index contributed by atoms with van der Waals surface area (Å²) in [7, 11) is 0. The molecular weight excluding hydrogens is 288 g/mol. The Kier molecular flexibility index (Phi) is 4.88. The number of carboxylic acid groups (broad SMARTS) is 1. The van der Waals surface area contributed by atoms with Crippen LogP contribution < -0.4 is 10.6 Å². The average molecular weight is 310 g/mol. The highest BCUT2D eigenvalue weighted by atomic mass is 32.1. The fraction of sp³-hybridized carbons (Fsp3) is 0.600. The Labute approximate surface area is 128 Å². The monoisotopic (exact) mass is 310 g/mol. The third-order valence-corrected chi connectivity index (χ3v) is 5.23. The molecule has 3 N–H and O–H groups in total. The summed E-state index contributed by atoms with van der Waals surface area (Å²) >= 11 is 1.68. The van der Waals surface area contributed by atoms with E-state index in [1.807, 2.05) is 11.4 Å². The predicted molar refractivity (Wildman–Crippen MR) is 82.6 cm³/mol. The molecule has 5 nitrogen and oxygen atoms in total. The number of urea groups is 1. The summed E-state index contributed by atoms with van der Waals surface area (Å²) in [6, 6.07) is 3.83. The Morgan fingerprint density at radius 1 is 1.43 bits per heavy atom. The Morgan fingerprint density at radius 2 is 2.19 bits per heavy atom. The van der Waals surface area contributed by atoms with Gasteiger partial charge in [-0.05, 0) is 30.7 Å². The van der Waals surface area contributed by atoms with Crippen molar-refractivity contribution in [2.24, 2.45) is 5.92 Å². The van der Waals surface area contributed by atoms with Crippen molar-refractivity contribution in [3.05, 3.63) is 22.4 Å². The third kappa shape index (κ3) is 4.20. The van der Waals surface area contributed by atoms with Crippen LogP contribution in [0.25, 0.3) is 0 Å². The number of hydrogen-bond acceptors (Lipinski definition) is 3. The summed E-state index contributed by atoms with van der Waals surface area (Å²) in [6.45, 7) is 4.73. The molecule has 1 heterocycles. The topological polar surface area (TPSA) is 78.4 Å². The summed E-state index contributed by atoms with van der Waals surface area (Å²) in [5, 5.41) is 16.7. The SMILES string of the molecule is CC(C)(CNC(=O)NC1CCC(C(=O)O)C1)c1cccs1. The van der Waals surface area contributed by atoms with Crippen molar-refractivity contribution in [1.29, 1.82) is 0 Å². The summed E-state index contributed by atoms with van der Waals surface area (Å²) in [5.41, 5.74) is -0.106. The van der Waals surface area contributed by atoms with Crippen LogP contribution in [0.15, 0.2) is 17.5 Å². The number of carbonyl (C=O) groups is 2. The molecule has 1 fully saturated rings. The molecule has 1 saturated carbocycles. The van der Waals surface area contributed by atoms with E-state index < -0.39 is 5.97 Å². The molecule has 0 bridgehead atoms. The lowest BCUT2D eigenvalue weighted by Crippen LogP contribution is -2.45. The molecule has 1 aliphatic carbocycles. The van der Waals surface area contributed by atoms with E-state index in [1.54, 1.807) is 11.3 Å². The summed E-state index contributed by atoms with van der Waals surface area (Å²) in [4.78, 5) is 24.1. The van der Waals surface area contributed by atoms with Crippen LogP contribution in [0.3, 0.4) is 0 Å². The van der Waals surface area contributed by atoms with Crippen LogP contribution in [0.4, 0.5) is 4.79 Å². The summed E-state index contributed by atoms with van der Waals surface area (Å²) < 4.78 is 0. The molecule has 0 radical (unpaired) electrons. The van der Waals surface area contributed by atoms with Crippen molar-refractivity contribution in [2.75, 3.05) is 6.54 Å². The summed E-state index contributed by atoms with van der Waals surface area (Å²) in [6.07, 6.45) is 1.90. The number of rotatable bonds is 5. The lowest BCUT2D eigenvalue weighted by atomic mass is 9.91. The second-order valence-corrected chi connectivity index (χ2v) is 7.18. The van der Waals surface area contributed by atoms with Crippen molar-refractivity contribution in [3.63, 3.8) is 0 Å². The van der Waals surface area contributed by atoms with Gasteiger partial charge in [-0.1, -0.05) is 19.9 Å². The normalized spacial score (nSPS) is 22.0. The molecule has 2 unspecified atom stereocenters. The maximum atomic E-state index is 11.9. The Balaban J connectivity index is 1.77. The first kappa shape index (κ1) is 15.8. The maximum absolute atomic E-state index is 11.9. The molecule has 1 aromatic rings. The molecule has 1 aliphatic rings. The zero-order chi connectivity index (χ0) is 15.5. The van der Waals surface area contributed by atoms with Crippen LogP contribution in [-0.2, 0) is 10.2 Å². The van der Waals surface area contributed by atoms with E-state index in [4.69, 9.17) is 5.11 Å². The van der Waals surface area contributed by atoms with E-state index in [0.717, 1.165) is 6.42 Å². The molecule has 2 atom stereocenters. The van der Waals surface area contributed by atoms with E-state index in [-0.39, 0.29) is 23.4 Å². The van der Waals surface area contributed by atoms with Gasteiger partial charge in [0, 0.05) is 22.9 Å². The number of amides is 2. The number of carboxylic acids is 1. The quantitative estimate of drug-likeness (QED) is 0.782. The average Bonchev–Trinajstić information content (AvgIpc) is 3.07. The highest BCUT2D eigenvalue weighted by Crippen LogP contribution is 2.27. The second-order valence-electron chi connectivity index (χ2n) is 6.23. The van der Waals surface area contributed by atoms with Gasteiger partial charge in [0.15, 0.2) is 0 Å². The first-order valence-corrected chi connectivity index (χ1v) is 8.07. The second kappa shape index (κ2) is 6.47. The molecule has 0 aromatic carbocycles. The van der Waals surface area contributed by atoms with E-state index in [9.17, 15) is 9.59 Å². The number of carbonyl (C=O) groups excluding carboxylic acids is 1. The smallest absolute Gasteiger partial charge is 0.315 e. The highest BCUT2D eigenvalue weighted by molar-refractivity contribution is 7.10. The van der Waals surface area contributed by atoms with Gasteiger partial charge in [0.25, 0.3) is 0 Å². The molecule has 0 saturated heterocycles. The van der Waals surface area contributed by atoms with Gasteiger partial charge in [-0.2, -0.15) is 0 Å². The first-order valence-electron chi connectivity index (χ1n) is 7.19. The molecule has 2 amide bonds. The van der Waals surface area contributed by atoms with E-state index in [2.05, 4.69) is 30.5 Å². The van der Waals surface area contributed by atoms with Gasteiger partial charge < -0.3 is 15.7 Å². The molecule has 2 rings (SSSR count). The van der Waals surface area contributed by atoms with Gasteiger partial charge in [-0.15, -0.1) is 11.3 Å². The zero-order valence-electron chi connectivity index (χ0n) is 12.4. The number of aliphatic carboxylic acids is 1. The van der Waals surface area contributed by atoms with E-state index >= 15 is 0 Å². The molecule has 116 valence electrons. The Hall–Kier alpha value is -1.56. The van der Waals surface area contributed by atoms with Crippen LogP contribution in [0, 0.1) is 5.92 Å². The fourth-order valence-electron chi connectivity index (χ4n) is 2.63. The van der Waals surface area contributed by atoms with Gasteiger partial charge in [-0.25, -0.2) is 4.79 Å². The van der Waals surface area contributed by atoms with Crippen LogP contribution in [0.5, 0.6) is 0 Å². The van der Waals surface area contributed by atoms with E-state index in [1.165, 1.54) is 4.88 Å². The van der Waals surface area contributed by atoms with E-state index in [0.29, 0.717) is 19.4 Å². The van der Waals surface area contributed by atoms with Gasteiger partial charge in [0.2, 0.25) is 0 Å². The molecular formula is C15H22N2O3S. The fourth-order valence-corrected chi connectivity index (χ4v) is 3.48. The number of nitrogens with one attached hydrogen (secondary N) is 2. The van der Waals surface area contributed by atoms with Crippen molar-refractivity contribution in [1.82, 2.24) is 10.6 Å². The minimum absolute atomic E-state index is 0.0315. The van der Waals surface area contributed by atoms with Crippen LogP contribution in [0.2, 0.25) is 0 Å². The molecule has 6 heteroatoms. The van der Waals surface area contributed by atoms with Crippen LogP contribution in [-0.4, -0.2) is 29.7 Å². The largest absolute Gasteiger partial charge is 0.481 e. The Morgan fingerprint density at radius 3 is 2.76 bits per heavy atom. The third-order valence-electron chi connectivity index (χ3n) is 4.00. The zero-order valence-corrected chi connectivity index (χ0v) is 13.2. The molecule has 0 aliphatic heterocycles. The minimum atomic E-state index is -0.765. The van der Waals surface area contributed by atoms with Crippen LogP contribution >= 0.6 is 11.3 Å². The van der Waals surface area contributed by atoms with Gasteiger partial charge >= 0.3 is 12.0 Å². The maximum Gasteiger partial charge on any atom is 0.315 e. The minimum Gasteiger partial charge on any atom is -0.481 e. The summed E-state index contributed by atoms with van der Waals surface area (Å²) in [5.74, 6) is -1.09. The van der Waals surface area contributed by atoms with Crippen molar-refractivity contribution in [3.8, 4) is 0 Å². The molecule has 1 aromatic heterocycles. The first-order chi connectivity index (χ1) is 9.88. The van der Waals surface area contributed by atoms with Gasteiger partial charge in [0.05, 0.1) is 5.92 Å². The number of hydrogen-bond donors (Lipinski definition) is 3. The lowest BCUT2D eigenvalue weighted by molar-refractivity contribution is -0.141. The highest BCUT2D eigenvalue weighted by Gasteiger charge is 2.31. The van der Waals surface area contributed by atoms with Gasteiger partial charge in [0.1, 0.15) is 0 Å².